The third kappa shape index (κ3) is 7.53. The molecule has 0 aliphatic carbocycles. The highest BCUT2D eigenvalue weighted by Gasteiger charge is 2.30. The van der Waals surface area contributed by atoms with Crippen LogP contribution >= 0.6 is 12.4 Å². The summed E-state index contributed by atoms with van der Waals surface area (Å²) in [6.45, 7) is 0.707. The van der Waals surface area contributed by atoms with Crippen molar-refractivity contribution in [1.82, 2.24) is 5.32 Å². The highest BCUT2D eigenvalue weighted by Crippen LogP contribution is 2.22. The largest absolute Gasteiger partial charge is 0.573 e. The average molecular weight is 299 g/mol. The normalized spacial score (nSPS) is 10.5. The lowest BCUT2D eigenvalue weighted by atomic mass is 10.1. The van der Waals surface area contributed by atoms with E-state index >= 15 is 0 Å². The van der Waals surface area contributed by atoms with Gasteiger partial charge in [-0.2, -0.15) is 0 Å². The number of hydrogen-bond acceptors (Lipinski definition) is 3. The summed E-state index contributed by atoms with van der Waals surface area (Å²) < 4.78 is 39.4. The SMILES string of the molecule is Cl.NCCNC(=O)Cc1ccc(OC(F)(F)F)cc1. The fourth-order valence-corrected chi connectivity index (χ4v) is 1.27. The Balaban J connectivity index is 0.00000324. The summed E-state index contributed by atoms with van der Waals surface area (Å²) in [4.78, 5) is 11.3. The predicted octanol–water partition coefficient (Wildman–Crippen LogP) is 1.62. The Morgan fingerprint density at radius 1 is 1.26 bits per heavy atom. The first-order chi connectivity index (χ1) is 8.40. The number of benzene rings is 1. The molecule has 1 rings (SSSR count). The first kappa shape index (κ1) is 17.5. The van der Waals surface area contributed by atoms with Crippen molar-refractivity contribution in [2.45, 2.75) is 12.8 Å². The van der Waals surface area contributed by atoms with E-state index in [9.17, 15) is 18.0 Å². The van der Waals surface area contributed by atoms with Gasteiger partial charge in [-0.3, -0.25) is 4.79 Å². The zero-order valence-electron chi connectivity index (χ0n) is 9.87. The Labute approximate surface area is 114 Å². The second-order valence-corrected chi connectivity index (χ2v) is 3.51. The Hall–Kier alpha value is -1.47. The molecule has 0 aromatic heterocycles. The molecule has 0 spiro atoms. The summed E-state index contributed by atoms with van der Waals surface area (Å²) >= 11 is 0. The molecule has 108 valence electrons. The Kier molecular flexibility index (Phi) is 7.25. The molecule has 3 N–H and O–H groups in total. The summed E-state index contributed by atoms with van der Waals surface area (Å²) in [5.41, 5.74) is 5.81. The molecule has 1 amide bonds. The van der Waals surface area contributed by atoms with E-state index in [0.717, 1.165) is 0 Å². The number of alkyl halides is 3. The van der Waals surface area contributed by atoms with Crippen LogP contribution in [0.25, 0.3) is 0 Å². The molecule has 0 aliphatic heterocycles. The van der Waals surface area contributed by atoms with Crippen molar-refractivity contribution in [3.8, 4) is 5.75 Å². The van der Waals surface area contributed by atoms with Gasteiger partial charge < -0.3 is 15.8 Å². The fraction of sp³-hybridized carbons (Fsp3) is 0.364. The zero-order valence-corrected chi connectivity index (χ0v) is 10.7. The summed E-state index contributed by atoms with van der Waals surface area (Å²) in [5, 5.41) is 2.56. The van der Waals surface area contributed by atoms with Gasteiger partial charge in [-0.1, -0.05) is 12.1 Å². The molecule has 1 aromatic carbocycles. The lowest BCUT2D eigenvalue weighted by Gasteiger charge is -2.09. The molecule has 4 nitrogen and oxygen atoms in total. The van der Waals surface area contributed by atoms with Gasteiger partial charge >= 0.3 is 6.36 Å². The van der Waals surface area contributed by atoms with E-state index in [1.165, 1.54) is 24.3 Å². The van der Waals surface area contributed by atoms with Crippen molar-refractivity contribution in [3.63, 3.8) is 0 Å². The van der Waals surface area contributed by atoms with Crippen LogP contribution in [-0.2, 0) is 11.2 Å². The highest BCUT2D eigenvalue weighted by atomic mass is 35.5. The lowest BCUT2D eigenvalue weighted by molar-refractivity contribution is -0.274. The van der Waals surface area contributed by atoms with Crippen molar-refractivity contribution in [2.24, 2.45) is 5.73 Å². The van der Waals surface area contributed by atoms with Crippen LogP contribution in [0, 0.1) is 0 Å². The van der Waals surface area contributed by atoms with Gasteiger partial charge in [0.15, 0.2) is 0 Å². The number of carbonyl (C=O) groups is 1. The van der Waals surface area contributed by atoms with E-state index in [2.05, 4.69) is 10.1 Å². The third-order valence-electron chi connectivity index (χ3n) is 1.99. The summed E-state index contributed by atoms with van der Waals surface area (Å²) in [6, 6.07) is 5.14. The second-order valence-electron chi connectivity index (χ2n) is 3.51. The van der Waals surface area contributed by atoms with Crippen LogP contribution in [0.2, 0.25) is 0 Å². The van der Waals surface area contributed by atoms with Crippen LogP contribution in [0.3, 0.4) is 0 Å². The molecule has 0 aliphatic rings. The number of nitrogens with one attached hydrogen (secondary N) is 1. The summed E-state index contributed by atoms with van der Waals surface area (Å²) in [6.07, 6.45) is -4.62. The predicted molar refractivity (Wildman–Crippen MR) is 66.1 cm³/mol. The monoisotopic (exact) mass is 298 g/mol. The topological polar surface area (TPSA) is 64.3 Å². The number of rotatable bonds is 5. The minimum absolute atomic E-state index is 0. The van der Waals surface area contributed by atoms with Crippen LogP contribution in [0.15, 0.2) is 24.3 Å². The maximum atomic E-state index is 11.9. The van der Waals surface area contributed by atoms with E-state index in [1.54, 1.807) is 0 Å². The molecule has 0 heterocycles. The summed E-state index contributed by atoms with van der Waals surface area (Å²) in [5.74, 6) is -0.543. The fourth-order valence-electron chi connectivity index (χ4n) is 1.27. The van der Waals surface area contributed by atoms with E-state index in [0.29, 0.717) is 18.7 Å². The van der Waals surface area contributed by atoms with Crippen molar-refractivity contribution >= 4 is 18.3 Å². The molecular formula is C11H14ClF3N2O2. The number of carbonyl (C=O) groups excluding carboxylic acids is 1. The van der Waals surface area contributed by atoms with E-state index in [-0.39, 0.29) is 30.5 Å². The number of hydrogen-bond donors (Lipinski definition) is 2. The third-order valence-corrected chi connectivity index (χ3v) is 1.99. The molecule has 0 saturated carbocycles. The Morgan fingerprint density at radius 3 is 2.32 bits per heavy atom. The molecular weight excluding hydrogens is 285 g/mol. The van der Waals surface area contributed by atoms with E-state index in [1.807, 2.05) is 0 Å². The molecule has 8 heteroatoms. The minimum Gasteiger partial charge on any atom is -0.406 e. The molecule has 0 radical (unpaired) electrons. The second kappa shape index (κ2) is 7.85. The molecule has 19 heavy (non-hydrogen) atoms. The zero-order chi connectivity index (χ0) is 13.6. The quantitative estimate of drug-likeness (QED) is 0.868. The number of halogens is 4. The van der Waals surface area contributed by atoms with Crippen molar-refractivity contribution in [2.75, 3.05) is 13.1 Å². The smallest absolute Gasteiger partial charge is 0.406 e. The van der Waals surface area contributed by atoms with Crippen LogP contribution in [0.5, 0.6) is 5.75 Å². The number of nitrogens with two attached hydrogens (primary N) is 1. The van der Waals surface area contributed by atoms with Gasteiger partial charge in [0, 0.05) is 13.1 Å². The lowest BCUT2D eigenvalue weighted by Crippen LogP contribution is -2.30. The molecule has 1 aromatic rings. The average Bonchev–Trinajstić information content (AvgIpc) is 2.27. The number of amides is 1. The van der Waals surface area contributed by atoms with E-state index < -0.39 is 6.36 Å². The Morgan fingerprint density at radius 2 is 1.84 bits per heavy atom. The van der Waals surface area contributed by atoms with Gasteiger partial charge in [0.05, 0.1) is 6.42 Å². The molecule has 0 fully saturated rings. The standard InChI is InChI=1S/C11H13F3N2O2.ClH/c12-11(13,14)18-9-3-1-8(2-4-9)7-10(17)16-6-5-15;/h1-4H,5-7,15H2,(H,16,17);1H. The van der Waals surface area contributed by atoms with Gasteiger partial charge in [0.1, 0.15) is 5.75 Å². The first-order valence-electron chi connectivity index (χ1n) is 5.22. The van der Waals surface area contributed by atoms with Crippen LogP contribution in [0.4, 0.5) is 13.2 Å². The molecule has 0 unspecified atom stereocenters. The van der Waals surface area contributed by atoms with E-state index in [4.69, 9.17) is 5.73 Å². The van der Waals surface area contributed by atoms with Crippen molar-refractivity contribution in [3.05, 3.63) is 29.8 Å². The summed E-state index contributed by atoms with van der Waals surface area (Å²) in [7, 11) is 0. The Bertz CT molecular complexity index is 396. The van der Waals surface area contributed by atoms with Gasteiger partial charge in [-0.05, 0) is 17.7 Å². The highest BCUT2D eigenvalue weighted by molar-refractivity contribution is 5.85. The maximum Gasteiger partial charge on any atom is 0.573 e. The van der Waals surface area contributed by atoms with Crippen molar-refractivity contribution in [1.29, 1.82) is 0 Å². The number of ether oxygens (including phenoxy) is 1. The molecule has 0 saturated heterocycles. The van der Waals surface area contributed by atoms with Crippen LogP contribution in [0.1, 0.15) is 5.56 Å². The van der Waals surface area contributed by atoms with Crippen LogP contribution in [-0.4, -0.2) is 25.4 Å². The van der Waals surface area contributed by atoms with Gasteiger partial charge in [0.25, 0.3) is 0 Å². The van der Waals surface area contributed by atoms with Gasteiger partial charge in [-0.25, -0.2) is 0 Å². The van der Waals surface area contributed by atoms with Crippen molar-refractivity contribution < 1.29 is 22.7 Å². The minimum atomic E-state index is -4.71. The molecule has 0 atom stereocenters. The molecule has 0 bridgehead atoms. The van der Waals surface area contributed by atoms with Crippen LogP contribution < -0.4 is 15.8 Å². The maximum absolute atomic E-state index is 11.9. The van der Waals surface area contributed by atoms with Gasteiger partial charge in [0.2, 0.25) is 5.91 Å². The first-order valence-corrected chi connectivity index (χ1v) is 5.22. The van der Waals surface area contributed by atoms with Gasteiger partial charge in [-0.15, -0.1) is 25.6 Å².